The van der Waals surface area contributed by atoms with Gasteiger partial charge in [0.1, 0.15) is 9.71 Å². The number of hydrogen-bond donors (Lipinski definition) is 2. The maximum atomic E-state index is 11.7. The molecule has 0 saturated carbocycles. The molecule has 1 aliphatic rings. The van der Waals surface area contributed by atoms with E-state index in [2.05, 4.69) is 24.1 Å². The van der Waals surface area contributed by atoms with Crippen molar-refractivity contribution in [1.82, 2.24) is 9.88 Å². The van der Waals surface area contributed by atoms with E-state index in [0.29, 0.717) is 10.6 Å². The van der Waals surface area contributed by atoms with Crippen molar-refractivity contribution in [3.8, 4) is 11.1 Å². The van der Waals surface area contributed by atoms with Gasteiger partial charge in [0.25, 0.3) is 5.91 Å². The zero-order valence-electron chi connectivity index (χ0n) is 13.4. The second-order valence-electron chi connectivity index (χ2n) is 6.16. The van der Waals surface area contributed by atoms with Crippen LogP contribution in [0.1, 0.15) is 20.9 Å². The van der Waals surface area contributed by atoms with Gasteiger partial charge in [-0.25, -0.2) is 4.98 Å². The highest BCUT2D eigenvalue weighted by atomic mass is 32.1. The van der Waals surface area contributed by atoms with Crippen molar-refractivity contribution in [2.45, 2.75) is 13.0 Å². The Morgan fingerprint density at radius 1 is 1.29 bits per heavy atom. The van der Waals surface area contributed by atoms with Crippen LogP contribution in [-0.2, 0) is 13.0 Å². The normalized spacial score (nSPS) is 14.7. The van der Waals surface area contributed by atoms with Gasteiger partial charge in [-0.1, -0.05) is 30.3 Å². The van der Waals surface area contributed by atoms with Crippen LogP contribution in [0.15, 0.2) is 30.3 Å². The van der Waals surface area contributed by atoms with Crippen LogP contribution in [0.4, 0.5) is 5.69 Å². The third-order valence-electron chi connectivity index (χ3n) is 4.51. The summed E-state index contributed by atoms with van der Waals surface area (Å²) in [6.07, 6.45) is 0.894. The minimum atomic E-state index is -0.496. The minimum absolute atomic E-state index is 0.394. The molecule has 1 amide bonds. The minimum Gasteiger partial charge on any atom is -0.397 e. The maximum Gasteiger partial charge on any atom is 0.260 e. The highest BCUT2D eigenvalue weighted by Crippen LogP contribution is 2.43. The Morgan fingerprint density at radius 2 is 2.04 bits per heavy atom. The van der Waals surface area contributed by atoms with Crippen molar-refractivity contribution in [2.24, 2.45) is 5.73 Å². The molecule has 4 rings (SSSR count). The zero-order chi connectivity index (χ0) is 16.8. The Balaban J connectivity index is 2.12. The number of hydrogen-bond acceptors (Lipinski definition) is 5. The predicted molar refractivity (Wildman–Crippen MR) is 98.0 cm³/mol. The van der Waals surface area contributed by atoms with Gasteiger partial charge < -0.3 is 16.4 Å². The fraction of sp³-hybridized carbons (Fsp3) is 0.222. The van der Waals surface area contributed by atoms with Crippen LogP contribution in [0.3, 0.4) is 0 Å². The van der Waals surface area contributed by atoms with Crippen LogP contribution in [0.5, 0.6) is 0 Å². The lowest BCUT2D eigenvalue weighted by Gasteiger charge is -2.27. The second kappa shape index (κ2) is 5.58. The summed E-state index contributed by atoms with van der Waals surface area (Å²) in [5.41, 5.74) is 16.7. The van der Waals surface area contributed by atoms with E-state index >= 15 is 0 Å². The van der Waals surface area contributed by atoms with Crippen molar-refractivity contribution in [1.29, 1.82) is 0 Å². The smallest absolute Gasteiger partial charge is 0.260 e. The summed E-state index contributed by atoms with van der Waals surface area (Å²) < 4.78 is 0. The molecule has 4 N–H and O–H groups in total. The SMILES string of the molecule is CN1CCc2nc3sc(C(N)=O)c(N)c3c(-c3ccccc3)c2C1. The maximum absolute atomic E-state index is 11.7. The van der Waals surface area contributed by atoms with E-state index in [-0.39, 0.29) is 0 Å². The lowest BCUT2D eigenvalue weighted by Crippen LogP contribution is -2.27. The molecule has 0 unspecified atom stereocenters. The molecule has 0 saturated heterocycles. The van der Waals surface area contributed by atoms with Crippen LogP contribution in [0, 0.1) is 0 Å². The summed E-state index contributed by atoms with van der Waals surface area (Å²) in [4.78, 5) is 20.0. The average Bonchev–Trinajstić information content (AvgIpc) is 2.90. The van der Waals surface area contributed by atoms with Crippen LogP contribution < -0.4 is 11.5 Å². The fourth-order valence-corrected chi connectivity index (χ4v) is 4.34. The number of primary amides is 1. The molecule has 0 spiro atoms. The Labute approximate surface area is 143 Å². The summed E-state index contributed by atoms with van der Waals surface area (Å²) in [5.74, 6) is -0.496. The standard InChI is InChI=1S/C18H18N4OS/c1-22-8-7-12-11(9-22)13(10-5-3-2-4-6-10)14-15(19)16(17(20)23)24-18(14)21-12/h2-6H,7-9,19H2,1H3,(H2,20,23). The summed E-state index contributed by atoms with van der Waals surface area (Å²) in [7, 11) is 2.10. The molecule has 5 nitrogen and oxygen atoms in total. The molecule has 3 heterocycles. The van der Waals surface area contributed by atoms with E-state index < -0.39 is 5.91 Å². The summed E-state index contributed by atoms with van der Waals surface area (Å²) >= 11 is 1.29. The number of benzene rings is 1. The monoisotopic (exact) mass is 338 g/mol. The number of fused-ring (bicyclic) bond motifs is 2. The van der Waals surface area contributed by atoms with E-state index in [9.17, 15) is 4.79 Å². The number of thiophene rings is 1. The van der Waals surface area contributed by atoms with Gasteiger partial charge in [0.2, 0.25) is 0 Å². The number of nitrogen functional groups attached to an aromatic ring is 1. The summed E-state index contributed by atoms with van der Waals surface area (Å²) in [6, 6.07) is 10.2. The third-order valence-corrected chi connectivity index (χ3v) is 5.62. The van der Waals surface area contributed by atoms with Crippen LogP contribution in [0.2, 0.25) is 0 Å². The Bertz CT molecular complexity index is 949. The van der Waals surface area contributed by atoms with E-state index in [0.717, 1.165) is 46.5 Å². The lowest BCUT2D eigenvalue weighted by atomic mass is 9.92. The highest BCUT2D eigenvalue weighted by Gasteiger charge is 2.26. The number of carbonyl (C=O) groups is 1. The van der Waals surface area contributed by atoms with Crippen LogP contribution in [-0.4, -0.2) is 29.4 Å². The zero-order valence-corrected chi connectivity index (χ0v) is 14.2. The molecule has 0 atom stereocenters. The van der Waals surface area contributed by atoms with Crippen molar-refractivity contribution in [3.63, 3.8) is 0 Å². The Hall–Kier alpha value is -2.44. The van der Waals surface area contributed by atoms with Crippen molar-refractivity contribution in [2.75, 3.05) is 19.3 Å². The van der Waals surface area contributed by atoms with Gasteiger partial charge in [-0.2, -0.15) is 0 Å². The van der Waals surface area contributed by atoms with Crippen molar-refractivity contribution < 1.29 is 4.79 Å². The number of anilines is 1. The number of aromatic nitrogens is 1. The van der Waals surface area contributed by atoms with E-state index in [1.807, 2.05) is 18.2 Å². The lowest BCUT2D eigenvalue weighted by molar-refractivity contribution is 0.100. The summed E-state index contributed by atoms with van der Waals surface area (Å²) in [5, 5.41) is 0.856. The van der Waals surface area contributed by atoms with E-state index in [1.165, 1.54) is 16.9 Å². The second-order valence-corrected chi connectivity index (χ2v) is 7.15. The van der Waals surface area contributed by atoms with E-state index in [1.54, 1.807) is 0 Å². The number of amides is 1. The molecule has 3 aromatic rings. The average molecular weight is 338 g/mol. The highest BCUT2D eigenvalue weighted by molar-refractivity contribution is 7.21. The Morgan fingerprint density at radius 3 is 2.75 bits per heavy atom. The van der Waals surface area contributed by atoms with Gasteiger partial charge in [0.15, 0.2) is 0 Å². The molecule has 0 aliphatic carbocycles. The molecule has 1 aliphatic heterocycles. The number of nitrogens with zero attached hydrogens (tertiary/aromatic N) is 2. The molecule has 6 heteroatoms. The van der Waals surface area contributed by atoms with E-state index in [4.69, 9.17) is 16.5 Å². The molecule has 0 fully saturated rings. The first kappa shape index (κ1) is 15.1. The number of rotatable bonds is 2. The quantitative estimate of drug-likeness (QED) is 0.752. The Kier molecular flexibility index (Phi) is 3.51. The molecule has 0 bridgehead atoms. The largest absolute Gasteiger partial charge is 0.397 e. The molecule has 2 aromatic heterocycles. The topological polar surface area (TPSA) is 85.2 Å². The number of likely N-dealkylation sites (N-methyl/N-ethyl adjacent to an activating group) is 1. The summed E-state index contributed by atoms with van der Waals surface area (Å²) in [6.45, 7) is 1.80. The first-order valence-corrected chi connectivity index (χ1v) is 8.65. The first-order chi connectivity index (χ1) is 11.6. The third kappa shape index (κ3) is 2.26. The number of pyridine rings is 1. The van der Waals surface area contributed by atoms with Gasteiger partial charge in [0.05, 0.1) is 5.69 Å². The molecule has 24 heavy (non-hydrogen) atoms. The van der Waals surface area contributed by atoms with Gasteiger partial charge >= 0.3 is 0 Å². The predicted octanol–water partition coefficient (Wildman–Crippen LogP) is 2.63. The van der Waals surface area contributed by atoms with Gasteiger partial charge in [-0.15, -0.1) is 11.3 Å². The number of carbonyl (C=O) groups excluding carboxylic acids is 1. The van der Waals surface area contributed by atoms with Crippen molar-refractivity contribution >= 4 is 33.1 Å². The van der Waals surface area contributed by atoms with Crippen LogP contribution in [0.25, 0.3) is 21.3 Å². The fourth-order valence-electron chi connectivity index (χ4n) is 3.37. The van der Waals surface area contributed by atoms with Crippen LogP contribution >= 0.6 is 11.3 Å². The molecule has 1 aromatic carbocycles. The van der Waals surface area contributed by atoms with Crippen molar-refractivity contribution in [3.05, 3.63) is 46.5 Å². The first-order valence-electron chi connectivity index (χ1n) is 7.83. The molecule has 0 radical (unpaired) electrons. The van der Waals surface area contributed by atoms with Gasteiger partial charge in [-0.05, 0) is 18.2 Å². The molecule has 122 valence electrons. The van der Waals surface area contributed by atoms with Gasteiger partial charge in [-0.3, -0.25) is 4.79 Å². The number of nitrogens with two attached hydrogens (primary N) is 2. The molecular weight excluding hydrogens is 320 g/mol. The molecular formula is C18H18N4OS. The van der Waals surface area contributed by atoms with Gasteiger partial charge in [0, 0.05) is 36.2 Å².